The Kier molecular flexibility index (Phi) is 7.22. The third-order valence-electron chi connectivity index (χ3n) is 3.20. The first kappa shape index (κ1) is 17.5. The van der Waals surface area contributed by atoms with E-state index in [1.54, 1.807) is 0 Å². The Morgan fingerprint density at radius 3 is 2.24 bits per heavy atom. The number of carbonyl (C=O) groups is 1. The van der Waals surface area contributed by atoms with Crippen LogP contribution in [0.25, 0.3) is 0 Å². The van der Waals surface area contributed by atoms with E-state index in [1.165, 1.54) is 43.5 Å². The van der Waals surface area contributed by atoms with Crippen LogP contribution in [-0.2, 0) is 14.8 Å². The maximum atomic E-state index is 12.0. The Morgan fingerprint density at radius 1 is 1.05 bits per heavy atom. The SMILES string of the molecule is CCCCCCCCC(=O)NS(=O)(=O)c1ccc(N)cc1. The van der Waals surface area contributed by atoms with Crippen LogP contribution in [0.15, 0.2) is 29.2 Å². The van der Waals surface area contributed by atoms with Gasteiger partial charge in [0.2, 0.25) is 5.91 Å². The summed E-state index contributed by atoms with van der Waals surface area (Å²) in [5.74, 6) is -0.456. The summed E-state index contributed by atoms with van der Waals surface area (Å²) in [4.78, 5) is 11.7. The fourth-order valence-electron chi connectivity index (χ4n) is 1.97. The number of nitrogens with two attached hydrogens (primary N) is 1. The zero-order valence-electron chi connectivity index (χ0n) is 12.5. The average Bonchev–Trinajstić information content (AvgIpc) is 2.42. The van der Waals surface area contributed by atoms with Crippen LogP contribution in [0.4, 0.5) is 5.69 Å². The van der Waals surface area contributed by atoms with E-state index < -0.39 is 15.9 Å². The van der Waals surface area contributed by atoms with E-state index in [2.05, 4.69) is 11.6 Å². The Bertz CT molecular complexity index is 539. The fourth-order valence-corrected chi connectivity index (χ4v) is 2.99. The van der Waals surface area contributed by atoms with Gasteiger partial charge < -0.3 is 5.73 Å². The second-order valence-electron chi connectivity index (χ2n) is 5.12. The van der Waals surface area contributed by atoms with Crippen molar-refractivity contribution in [2.75, 3.05) is 5.73 Å². The van der Waals surface area contributed by atoms with Gasteiger partial charge in [-0.25, -0.2) is 13.1 Å². The molecule has 0 spiro atoms. The van der Waals surface area contributed by atoms with E-state index in [4.69, 9.17) is 5.73 Å². The highest BCUT2D eigenvalue weighted by molar-refractivity contribution is 7.90. The molecule has 0 saturated carbocycles. The molecule has 1 amide bonds. The van der Waals surface area contributed by atoms with E-state index in [1.807, 2.05) is 0 Å². The maximum Gasteiger partial charge on any atom is 0.264 e. The largest absolute Gasteiger partial charge is 0.399 e. The molecule has 3 N–H and O–H groups in total. The first-order valence-electron chi connectivity index (χ1n) is 7.37. The molecule has 0 aromatic heterocycles. The highest BCUT2D eigenvalue weighted by Gasteiger charge is 2.16. The minimum atomic E-state index is -3.78. The molecule has 0 heterocycles. The second-order valence-corrected chi connectivity index (χ2v) is 6.80. The van der Waals surface area contributed by atoms with E-state index in [0.717, 1.165) is 12.8 Å². The van der Waals surface area contributed by atoms with Crippen LogP contribution in [0.3, 0.4) is 0 Å². The molecule has 5 nitrogen and oxygen atoms in total. The summed E-state index contributed by atoms with van der Waals surface area (Å²) in [6.07, 6.45) is 6.55. The minimum absolute atomic E-state index is 0.0491. The average molecular weight is 312 g/mol. The van der Waals surface area contributed by atoms with Crippen LogP contribution < -0.4 is 10.5 Å². The van der Waals surface area contributed by atoms with E-state index in [9.17, 15) is 13.2 Å². The van der Waals surface area contributed by atoms with Crippen molar-refractivity contribution in [2.24, 2.45) is 0 Å². The van der Waals surface area contributed by atoms with Gasteiger partial charge in [0.25, 0.3) is 10.0 Å². The summed E-state index contributed by atoms with van der Waals surface area (Å²) >= 11 is 0. The zero-order chi connectivity index (χ0) is 15.7. The topological polar surface area (TPSA) is 89.3 Å². The Labute approximate surface area is 127 Å². The summed E-state index contributed by atoms with van der Waals surface area (Å²) in [5, 5.41) is 0. The molecule has 0 atom stereocenters. The second kappa shape index (κ2) is 8.67. The lowest BCUT2D eigenvalue weighted by atomic mass is 10.1. The number of anilines is 1. The van der Waals surface area contributed by atoms with Crippen molar-refractivity contribution < 1.29 is 13.2 Å². The van der Waals surface area contributed by atoms with Crippen molar-refractivity contribution in [2.45, 2.75) is 56.8 Å². The number of unbranched alkanes of at least 4 members (excludes halogenated alkanes) is 5. The molecule has 21 heavy (non-hydrogen) atoms. The van der Waals surface area contributed by atoms with Crippen LogP contribution in [0.1, 0.15) is 51.9 Å². The monoisotopic (exact) mass is 312 g/mol. The van der Waals surface area contributed by atoms with Crippen molar-refractivity contribution in [1.82, 2.24) is 4.72 Å². The fraction of sp³-hybridized carbons (Fsp3) is 0.533. The number of nitrogens with one attached hydrogen (secondary N) is 1. The lowest BCUT2D eigenvalue weighted by Gasteiger charge is -2.07. The van der Waals surface area contributed by atoms with Gasteiger partial charge in [-0.3, -0.25) is 4.79 Å². The van der Waals surface area contributed by atoms with Crippen molar-refractivity contribution in [3.05, 3.63) is 24.3 Å². The number of benzene rings is 1. The summed E-state index contributed by atoms with van der Waals surface area (Å²) < 4.78 is 26.0. The summed E-state index contributed by atoms with van der Waals surface area (Å²) in [7, 11) is -3.78. The summed E-state index contributed by atoms with van der Waals surface area (Å²) in [6.45, 7) is 2.15. The minimum Gasteiger partial charge on any atom is -0.399 e. The maximum absolute atomic E-state index is 12.0. The Morgan fingerprint density at radius 2 is 1.62 bits per heavy atom. The first-order chi connectivity index (χ1) is 9.95. The third-order valence-corrected chi connectivity index (χ3v) is 4.59. The number of hydrogen-bond acceptors (Lipinski definition) is 4. The van der Waals surface area contributed by atoms with Crippen LogP contribution in [0.2, 0.25) is 0 Å². The lowest BCUT2D eigenvalue weighted by Crippen LogP contribution is -2.30. The first-order valence-corrected chi connectivity index (χ1v) is 8.85. The van der Waals surface area contributed by atoms with Gasteiger partial charge in [-0.05, 0) is 30.7 Å². The molecule has 0 radical (unpaired) electrons. The zero-order valence-corrected chi connectivity index (χ0v) is 13.3. The molecule has 1 aromatic carbocycles. The molecule has 0 aliphatic rings. The molecule has 118 valence electrons. The molecule has 0 aliphatic carbocycles. The molecule has 0 bridgehead atoms. The van der Waals surface area contributed by atoms with Crippen LogP contribution in [-0.4, -0.2) is 14.3 Å². The standard InChI is InChI=1S/C15H24N2O3S/c1-2-3-4-5-6-7-8-15(18)17-21(19,20)14-11-9-13(16)10-12-14/h9-12H,2-8,16H2,1H3,(H,17,18). The van der Waals surface area contributed by atoms with Gasteiger partial charge in [0, 0.05) is 12.1 Å². The number of carbonyl (C=O) groups excluding carboxylic acids is 1. The smallest absolute Gasteiger partial charge is 0.264 e. The van der Waals surface area contributed by atoms with E-state index in [-0.39, 0.29) is 11.3 Å². The number of rotatable bonds is 9. The number of amides is 1. The van der Waals surface area contributed by atoms with E-state index >= 15 is 0 Å². The highest BCUT2D eigenvalue weighted by Crippen LogP contribution is 2.12. The van der Waals surface area contributed by atoms with Gasteiger partial charge in [-0.1, -0.05) is 39.0 Å². The molecular weight excluding hydrogens is 288 g/mol. The van der Waals surface area contributed by atoms with Crippen LogP contribution in [0.5, 0.6) is 0 Å². The van der Waals surface area contributed by atoms with Gasteiger partial charge in [0.15, 0.2) is 0 Å². The molecule has 1 rings (SSSR count). The van der Waals surface area contributed by atoms with Gasteiger partial charge in [0.05, 0.1) is 4.90 Å². The van der Waals surface area contributed by atoms with Crippen molar-refractivity contribution in [3.63, 3.8) is 0 Å². The number of hydrogen-bond donors (Lipinski definition) is 2. The van der Waals surface area contributed by atoms with Crippen molar-refractivity contribution in [3.8, 4) is 0 Å². The van der Waals surface area contributed by atoms with Crippen molar-refractivity contribution >= 4 is 21.6 Å². The number of sulfonamides is 1. The summed E-state index contributed by atoms with van der Waals surface area (Å²) in [5.41, 5.74) is 5.98. The summed E-state index contributed by atoms with van der Waals surface area (Å²) in [6, 6.07) is 5.75. The molecule has 6 heteroatoms. The molecular formula is C15H24N2O3S. The van der Waals surface area contributed by atoms with Crippen molar-refractivity contribution in [1.29, 1.82) is 0 Å². The molecule has 0 aliphatic heterocycles. The predicted octanol–water partition coefficient (Wildman–Crippen LogP) is 2.82. The lowest BCUT2D eigenvalue weighted by molar-refractivity contribution is -0.119. The van der Waals surface area contributed by atoms with Crippen LogP contribution >= 0.6 is 0 Å². The van der Waals surface area contributed by atoms with Gasteiger partial charge in [-0.15, -0.1) is 0 Å². The van der Waals surface area contributed by atoms with Gasteiger partial charge in [-0.2, -0.15) is 0 Å². The number of nitrogen functional groups attached to an aromatic ring is 1. The third kappa shape index (κ3) is 6.62. The van der Waals surface area contributed by atoms with Crippen LogP contribution in [0, 0.1) is 0 Å². The molecule has 1 aromatic rings. The molecule has 0 fully saturated rings. The Hall–Kier alpha value is -1.56. The van der Waals surface area contributed by atoms with E-state index in [0.29, 0.717) is 12.1 Å². The molecule has 0 saturated heterocycles. The molecule has 0 unspecified atom stereocenters. The quantitative estimate of drug-likeness (QED) is 0.542. The van der Waals surface area contributed by atoms with Gasteiger partial charge in [0.1, 0.15) is 0 Å². The normalized spacial score (nSPS) is 11.3. The van der Waals surface area contributed by atoms with Gasteiger partial charge >= 0.3 is 0 Å². The highest BCUT2D eigenvalue weighted by atomic mass is 32.2. The predicted molar refractivity (Wildman–Crippen MR) is 84.2 cm³/mol. The Balaban J connectivity index is 2.38.